The van der Waals surface area contributed by atoms with Crippen LogP contribution >= 0.6 is 0 Å². The van der Waals surface area contributed by atoms with E-state index in [-0.39, 0.29) is 6.04 Å². The van der Waals surface area contributed by atoms with Gasteiger partial charge in [0, 0.05) is 19.1 Å². The van der Waals surface area contributed by atoms with Crippen LogP contribution in [-0.2, 0) is 16.6 Å². The highest BCUT2D eigenvalue weighted by Gasteiger charge is 2.27. The molecule has 0 unspecified atom stereocenters. The van der Waals surface area contributed by atoms with Crippen molar-refractivity contribution in [1.82, 2.24) is 9.03 Å². The van der Waals surface area contributed by atoms with E-state index < -0.39 is 10.2 Å². The molecule has 1 saturated heterocycles. The molecule has 1 heterocycles. The van der Waals surface area contributed by atoms with Crippen LogP contribution in [0.3, 0.4) is 0 Å². The molecule has 0 saturated carbocycles. The predicted molar refractivity (Wildman–Crippen MR) is 86.3 cm³/mol. The lowest BCUT2D eigenvalue weighted by molar-refractivity contribution is 0.276. The molecule has 1 aliphatic rings. The molecule has 1 aromatic carbocycles. The van der Waals surface area contributed by atoms with Crippen LogP contribution in [0.15, 0.2) is 30.3 Å². The van der Waals surface area contributed by atoms with Gasteiger partial charge in [-0.2, -0.15) is 17.4 Å². The zero-order chi connectivity index (χ0) is 15.3. The largest absolute Gasteiger partial charge is 0.279 e. The van der Waals surface area contributed by atoms with E-state index in [0.717, 1.165) is 25.7 Å². The molecule has 1 aliphatic heterocycles. The Labute approximate surface area is 128 Å². The number of nitrogens with one attached hydrogen (secondary N) is 1. The van der Waals surface area contributed by atoms with E-state index in [2.05, 4.69) is 23.8 Å². The second-order valence-electron chi connectivity index (χ2n) is 6.15. The molecular weight excluding hydrogens is 284 g/mol. The normalized spacial score (nSPS) is 22.1. The zero-order valence-electron chi connectivity index (χ0n) is 13.0. The monoisotopic (exact) mass is 310 g/mol. The molecule has 0 bridgehead atoms. The number of piperidine rings is 1. The summed E-state index contributed by atoms with van der Waals surface area (Å²) in [7, 11) is -3.34. The maximum atomic E-state index is 12.4. The SMILES string of the molecule is C[C@@H]1CCCN(S(=O)(=O)N[C@@H](C)CCc2ccccc2)C1. The van der Waals surface area contributed by atoms with Crippen LogP contribution in [-0.4, -0.2) is 31.9 Å². The van der Waals surface area contributed by atoms with E-state index in [0.29, 0.717) is 19.0 Å². The lowest BCUT2D eigenvalue weighted by atomic mass is 10.0. The van der Waals surface area contributed by atoms with Crippen molar-refractivity contribution in [3.05, 3.63) is 35.9 Å². The van der Waals surface area contributed by atoms with Gasteiger partial charge in [-0.15, -0.1) is 0 Å². The first-order valence-corrected chi connectivity index (χ1v) is 9.22. The predicted octanol–water partition coefficient (Wildman–Crippen LogP) is 2.57. The topological polar surface area (TPSA) is 49.4 Å². The van der Waals surface area contributed by atoms with Gasteiger partial charge in [0.1, 0.15) is 0 Å². The summed E-state index contributed by atoms with van der Waals surface area (Å²) in [5, 5.41) is 0. The smallest absolute Gasteiger partial charge is 0.199 e. The standard InChI is InChI=1S/C16H26N2O2S/c1-14-7-6-12-18(13-14)21(19,20)17-15(2)10-11-16-8-4-3-5-9-16/h3-5,8-9,14-15,17H,6-7,10-13H2,1-2H3/t14-,15+/m1/s1. The lowest BCUT2D eigenvalue weighted by Crippen LogP contribution is -2.48. The third kappa shape index (κ3) is 5.09. The summed E-state index contributed by atoms with van der Waals surface area (Å²) in [6.07, 6.45) is 3.78. The summed E-state index contributed by atoms with van der Waals surface area (Å²) in [5.74, 6) is 0.454. The molecule has 0 aromatic heterocycles. The first-order chi connectivity index (χ1) is 9.97. The van der Waals surface area contributed by atoms with Crippen molar-refractivity contribution in [2.45, 2.75) is 45.6 Å². The summed E-state index contributed by atoms with van der Waals surface area (Å²) in [6.45, 7) is 5.33. The first-order valence-electron chi connectivity index (χ1n) is 7.78. The Morgan fingerprint density at radius 1 is 1.33 bits per heavy atom. The maximum Gasteiger partial charge on any atom is 0.279 e. The van der Waals surface area contributed by atoms with E-state index in [9.17, 15) is 8.42 Å². The Morgan fingerprint density at radius 2 is 2.05 bits per heavy atom. The molecule has 2 rings (SSSR count). The Bertz CT molecular complexity index is 530. The molecule has 4 nitrogen and oxygen atoms in total. The van der Waals surface area contributed by atoms with Crippen molar-refractivity contribution >= 4 is 10.2 Å². The highest BCUT2D eigenvalue weighted by Crippen LogP contribution is 2.18. The van der Waals surface area contributed by atoms with E-state index in [1.807, 2.05) is 25.1 Å². The second-order valence-corrected chi connectivity index (χ2v) is 7.86. The van der Waals surface area contributed by atoms with Gasteiger partial charge >= 0.3 is 0 Å². The quantitative estimate of drug-likeness (QED) is 0.878. The number of rotatable bonds is 6. The summed E-state index contributed by atoms with van der Waals surface area (Å²) in [6, 6.07) is 10.1. The fourth-order valence-corrected chi connectivity index (χ4v) is 4.38. The third-order valence-corrected chi connectivity index (χ3v) is 5.73. The van der Waals surface area contributed by atoms with E-state index >= 15 is 0 Å². The van der Waals surface area contributed by atoms with Crippen LogP contribution in [0.25, 0.3) is 0 Å². The van der Waals surface area contributed by atoms with E-state index in [4.69, 9.17) is 0 Å². The average Bonchev–Trinajstić information content (AvgIpc) is 2.46. The number of nitrogens with zero attached hydrogens (tertiary/aromatic N) is 1. The van der Waals surface area contributed by atoms with Crippen LogP contribution in [0.1, 0.15) is 38.7 Å². The lowest BCUT2D eigenvalue weighted by Gasteiger charge is -2.31. The molecule has 0 aliphatic carbocycles. The van der Waals surface area contributed by atoms with Gasteiger partial charge in [0.25, 0.3) is 10.2 Å². The van der Waals surface area contributed by atoms with Gasteiger partial charge < -0.3 is 0 Å². The number of benzene rings is 1. The fraction of sp³-hybridized carbons (Fsp3) is 0.625. The van der Waals surface area contributed by atoms with Crippen LogP contribution in [0.4, 0.5) is 0 Å². The fourth-order valence-electron chi connectivity index (χ4n) is 2.78. The number of hydrogen-bond acceptors (Lipinski definition) is 2. The van der Waals surface area contributed by atoms with Crippen molar-refractivity contribution in [3.63, 3.8) is 0 Å². The molecule has 0 spiro atoms. The Balaban J connectivity index is 1.84. The molecule has 2 atom stereocenters. The molecule has 1 fully saturated rings. The average molecular weight is 310 g/mol. The van der Waals surface area contributed by atoms with Gasteiger partial charge in [0.2, 0.25) is 0 Å². The molecule has 0 radical (unpaired) electrons. The van der Waals surface area contributed by atoms with Crippen molar-refractivity contribution in [1.29, 1.82) is 0 Å². The van der Waals surface area contributed by atoms with Gasteiger partial charge in [-0.25, -0.2) is 0 Å². The molecule has 0 amide bonds. The zero-order valence-corrected chi connectivity index (χ0v) is 13.8. The Hall–Kier alpha value is -0.910. The second kappa shape index (κ2) is 7.38. The molecule has 21 heavy (non-hydrogen) atoms. The molecule has 1 aromatic rings. The van der Waals surface area contributed by atoms with Crippen LogP contribution in [0.5, 0.6) is 0 Å². The minimum absolute atomic E-state index is 0.0487. The summed E-state index contributed by atoms with van der Waals surface area (Å²) < 4.78 is 29.1. The van der Waals surface area contributed by atoms with Crippen molar-refractivity contribution in [2.75, 3.05) is 13.1 Å². The van der Waals surface area contributed by atoms with Gasteiger partial charge in [-0.05, 0) is 44.1 Å². The molecule has 118 valence electrons. The minimum Gasteiger partial charge on any atom is -0.199 e. The Kier molecular flexibility index (Phi) is 5.79. The van der Waals surface area contributed by atoms with Crippen molar-refractivity contribution in [3.8, 4) is 0 Å². The third-order valence-electron chi connectivity index (χ3n) is 4.02. The molecular formula is C16H26N2O2S. The van der Waals surface area contributed by atoms with E-state index in [1.165, 1.54) is 5.56 Å². The highest BCUT2D eigenvalue weighted by atomic mass is 32.2. The van der Waals surface area contributed by atoms with Crippen molar-refractivity contribution in [2.24, 2.45) is 5.92 Å². The molecule has 1 N–H and O–H groups in total. The summed E-state index contributed by atoms with van der Waals surface area (Å²) in [5.41, 5.74) is 1.25. The minimum atomic E-state index is -3.34. The molecule has 5 heteroatoms. The van der Waals surface area contributed by atoms with Gasteiger partial charge in [0.05, 0.1) is 0 Å². The van der Waals surface area contributed by atoms with Gasteiger partial charge in [-0.1, -0.05) is 37.3 Å². The Morgan fingerprint density at radius 3 is 2.71 bits per heavy atom. The van der Waals surface area contributed by atoms with Gasteiger partial charge in [-0.3, -0.25) is 0 Å². The van der Waals surface area contributed by atoms with Crippen LogP contribution in [0.2, 0.25) is 0 Å². The summed E-state index contributed by atoms with van der Waals surface area (Å²) >= 11 is 0. The van der Waals surface area contributed by atoms with Crippen LogP contribution < -0.4 is 4.72 Å². The van der Waals surface area contributed by atoms with Crippen LogP contribution in [0, 0.1) is 5.92 Å². The summed E-state index contributed by atoms with van der Waals surface area (Å²) in [4.78, 5) is 0. The first kappa shape index (κ1) is 16.5. The number of hydrogen-bond donors (Lipinski definition) is 1. The number of aryl methyl sites for hydroxylation is 1. The van der Waals surface area contributed by atoms with Gasteiger partial charge in [0.15, 0.2) is 0 Å². The van der Waals surface area contributed by atoms with E-state index in [1.54, 1.807) is 4.31 Å². The van der Waals surface area contributed by atoms with Crippen molar-refractivity contribution < 1.29 is 8.42 Å². The highest BCUT2D eigenvalue weighted by molar-refractivity contribution is 7.87. The maximum absolute atomic E-state index is 12.4.